The van der Waals surface area contributed by atoms with Crippen molar-refractivity contribution in [3.63, 3.8) is 0 Å². The Labute approximate surface area is 120 Å². The zero-order chi connectivity index (χ0) is 13.5. The Bertz CT molecular complexity index is 490. The van der Waals surface area contributed by atoms with E-state index in [0.29, 0.717) is 0 Å². The summed E-state index contributed by atoms with van der Waals surface area (Å²) < 4.78 is 1.39. The largest absolute Gasteiger partial charge is 0.316 e. The van der Waals surface area contributed by atoms with Gasteiger partial charge in [0.05, 0.1) is 0 Å². The van der Waals surface area contributed by atoms with Gasteiger partial charge in [0.2, 0.25) is 0 Å². The zero-order valence-electron chi connectivity index (χ0n) is 11.9. The molecule has 19 heavy (non-hydrogen) atoms. The van der Waals surface area contributed by atoms with E-state index in [2.05, 4.69) is 54.1 Å². The fourth-order valence-electron chi connectivity index (χ4n) is 2.12. The lowest BCUT2D eigenvalue weighted by Crippen LogP contribution is -2.24. The molecule has 2 N–H and O–H groups in total. The molecule has 0 aliphatic heterocycles. The van der Waals surface area contributed by atoms with E-state index in [4.69, 9.17) is 0 Å². The van der Waals surface area contributed by atoms with Gasteiger partial charge in [0, 0.05) is 11.2 Å². The molecule has 3 heteroatoms. The molecule has 0 unspecified atom stereocenters. The first-order valence-electron chi connectivity index (χ1n) is 7.14. The van der Waals surface area contributed by atoms with Crippen LogP contribution in [0.1, 0.15) is 25.8 Å². The smallest absolute Gasteiger partial charge is 0.0346 e. The predicted molar refractivity (Wildman–Crippen MR) is 85.9 cm³/mol. The SMILES string of the molecule is CC(C)CNCCCNCc1csc2ccccc12. The van der Waals surface area contributed by atoms with Crippen molar-refractivity contribution in [1.29, 1.82) is 0 Å². The van der Waals surface area contributed by atoms with Crippen molar-refractivity contribution in [1.82, 2.24) is 10.6 Å². The highest BCUT2D eigenvalue weighted by atomic mass is 32.1. The minimum Gasteiger partial charge on any atom is -0.316 e. The van der Waals surface area contributed by atoms with Crippen LogP contribution in [0.3, 0.4) is 0 Å². The van der Waals surface area contributed by atoms with Crippen molar-refractivity contribution in [3.05, 3.63) is 35.2 Å². The molecule has 2 nitrogen and oxygen atoms in total. The average Bonchev–Trinajstić information content (AvgIpc) is 2.81. The van der Waals surface area contributed by atoms with Crippen LogP contribution in [-0.2, 0) is 6.54 Å². The van der Waals surface area contributed by atoms with Crippen LogP contribution >= 0.6 is 11.3 Å². The summed E-state index contributed by atoms with van der Waals surface area (Å²) in [5, 5.41) is 10.7. The van der Waals surface area contributed by atoms with Crippen molar-refractivity contribution in [3.8, 4) is 0 Å². The molecule has 0 spiro atoms. The molecule has 1 aromatic heterocycles. The lowest BCUT2D eigenvalue weighted by molar-refractivity contribution is 0.530. The number of hydrogen-bond acceptors (Lipinski definition) is 3. The summed E-state index contributed by atoms with van der Waals surface area (Å²) in [6, 6.07) is 8.64. The molecule has 0 aliphatic carbocycles. The maximum Gasteiger partial charge on any atom is 0.0346 e. The van der Waals surface area contributed by atoms with Gasteiger partial charge >= 0.3 is 0 Å². The Hall–Kier alpha value is -0.900. The van der Waals surface area contributed by atoms with Crippen LogP contribution in [0.25, 0.3) is 10.1 Å². The molecule has 104 valence electrons. The van der Waals surface area contributed by atoms with Gasteiger partial charge < -0.3 is 10.6 Å². The Morgan fingerprint density at radius 2 is 1.89 bits per heavy atom. The van der Waals surface area contributed by atoms with Gasteiger partial charge in [0.25, 0.3) is 0 Å². The number of thiophene rings is 1. The van der Waals surface area contributed by atoms with Gasteiger partial charge in [-0.15, -0.1) is 11.3 Å². The van der Waals surface area contributed by atoms with E-state index in [1.165, 1.54) is 22.1 Å². The highest BCUT2D eigenvalue weighted by Gasteiger charge is 2.02. The van der Waals surface area contributed by atoms with E-state index in [1.807, 2.05) is 11.3 Å². The normalized spacial score (nSPS) is 11.5. The van der Waals surface area contributed by atoms with E-state index < -0.39 is 0 Å². The van der Waals surface area contributed by atoms with E-state index >= 15 is 0 Å². The van der Waals surface area contributed by atoms with Gasteiger partial charge in [-0.05, 0) is 54.4 Å². The standard InChI is InChI=1S/C16H24N2S/c1-13(2)10-17-8-5-9-18-11-14-12-19-16-7-4-3-6-15(14)16/h3-4,6-7,12-13,17-18H,5,8-11H2,1-2H3. The molecule has 0 saturated carbocycles. The van der Waals surface area contributed by atoms with Gasteiger partial charge in [-0.25, -0.2) is 0 Å². The number of nitrogens with one attached hydrogen (secondary N) is 2. The molecule has 0 aliphatic rings. The molecule has 0 saturated heterocycles. The Morgan fingerprint density at radius 3 is 2.74 bits per heavy atom. The first-order chi connectivity index (χ1) is 9.27. The highest BCUT2D eigenvalue weighted by molar-refractivity contribution is 7.17. The van der Waals surface area contributed by atoms with E-state index in [1.54, 1.807) is 0 Å². The van der Waals surface area contributed by atoms with Crippen LogP contribution in [0.4, 0.5) is 0 Å². The van der Waals surface area contributed by atoms with Crippen LogP contribution in [-0.4, -0.2) is 19.6 Å². The number of hydrogen-bond donors (Lipinski definition) is 2. The van der Waals surface area contributed by atoms with Gasteiger partial charge in [-0.3, -0.25) is 0 Å². The van der Waals surface area contributed by atoms with Crippen LogP contribution in [0.15, 0.2) is 29.6 Å². The van der Waals surface area contributed by atoms with E-state index in [0.717, 1.165) is 32.1 Å². The fraction of sp³-hybridized carbons (Fsp3) is 0.500. The molecule has 0 radical (unpaired) electrons. The van der Waals surface area contributed by atoms with Crippen LogP contribution < -0.4 is 10.6 Å². The van der Waals surface area contributed by atoms with E-state index in [-0.39, 0.29) is 0 Å². The zero-order valence-corrected chi connectivity index (χ0v) is 12.7. The monoisotopic (exact) mass is 276 g/mol. The lowest BCUT2D eigenvalue weighted by Gasteiger charge is -2.08. The third-order valence-electron chi connectivity index (χ3n) is 3.14. The summed E-state index contributed by atoms with van der Waals surface area (Å²) in [5.74, 6) is 0.741. The molecule has 2 rings (SSSR count). The molecule has 0 atom stereocenters. The van der Waals surface area contributed by atoms with Crippen molar-refractivity contribution < 1.29 is 0 Å². The average molecular weight is 276 g/mol. The van der Waals surface area contributed by atoms with E-state index in [9.17, 15) is 0 Å². The van der Waals surface area contributed by atoms with Gasteiger partial charge in [-0.1, -0.05) is 32.0 Å². The van der Waals surface area contributed by atoms with Crippen molar-refractivity contribution in [2.75, 3.05) is 19.6 Å². The van der Waals surface area contributed by atoms with Gasteiger partial charge in [-0.2, -0.15) is 0 Å². The summed E-state index contributed by atoms with van der Waals surface area (Å²) in [5.41, 5.74) is 1.43. The summed E-state index contributed by atoms with van der Waals surface area (Å²) in [6.07, 6.45) is 1.19. The third kappa shape index (κ3) is 4.60. The van der Waals surface area contributed by atoms with Gasteiger partial charge in [0.1, 0.15) is 0 Å². The maximum absolute atomic E-state index is 3.53. The molecule has 0 amide bonds. The molecule has 0 fully saturated rings. The Balaban J connectivity index is 1.66. The lowest BCUT2D eigenvalue weighted by atomic mass is 10.2. The summed E-state index contributed by atoms with van der Waals surface area (Å²) in [7, 11) is 0. The van der Waals surface area contributed by atoms with Crippen LogP contribution in [0.2, 0.25) is 0 Å². The highest BCUT2D eigenvalue weighted by Crippen LogP contribution is 2.25. The quantitative estimate of drug-likeness (QED) is 0.720. The second-order valence-electron chi connectivity index (χ2n) is 5.39. The molecule has 0 bridgehead atoms. The summed E-state index contributed by atoms with van der Waals surface area (Å²) in [6.45, 7) is 8.77. The Kier molecular flexibility index (Phi) is 5.83. The second-order valence-corrected chi connectivity index (χ2v) is 6.30. The minimum absolute atomic E-state index is 0.741. The third-order valence-corrected chi connectivity index (χ3v) is 4.15. The summed E-state index contributed by atoms with van der Waals surface area (Å²) in [4.78, 5) is 0. The molecular formula is C16H24N2S. The molecule has 1 heterocycles. The van der Waals surface area contributed by atoms with Crippen molar-refractivity contribution >= 4 is 21.4 Å². The molecular weight excluding hydrogens is 252 g/mol. The van der Waals surface area contributed by atoms with Crippen molar-refractivity contribution in [2.45, 2.75) is 26.8 Å². The topological polar surface area (TPSA) is 24.1 Å². The number of rotatable bonds is 8. The van der Waals surface area contributed by atoms with Crippen molar-refractivity contribution in [2.24, 2.45) is 5.92 Å². The maximum atomic E-state index is 3.53. The predicted octanol–water partition coefficient (Wildman–Crippen LogP) is 3.63. The first-order valence-corrected chi connectivity index (χ1v) is 8.02. The first kappa shape index (κ1) is 14.5. The Morgan fingerprint density at radius 1 is 1.11 bits per heavy atom. The van der Waals surface area contributed by atoms with Crippen LogP contribution in [0, 0.1) is 5.92 Å². The van der Waals surface area contributed by atoms with Gasteiger partial charge in [0.15, 0.2) is 0 Å². The minimum atomic E-state index is 0.741. The fourth-order valence-corrected chi connectivity index (χ4v) is 3.08. The number of fused-ring (bicyclic) bond motifs is 1. The van der Waals surface area contributed by atoms with Crippen LogP contribution in [0.5, 0.6) is 0 Å². The molecule has 2 aromatic rings. The number of benzene rings is 1. The molecule has 1 aromatic carbocycles. The second kappa shape index (κ2) is 7.63. The summed E-state index contributed by atoms with van der Waals surface area (Å²) >= 11 is 1.84.